The fourth-order valence-corrected chi connectivity index (χ4v) is 2.51. The summed E-state index contributed by atoms with van der Waals surface area (Å²) in [6, 6.07) is 5.18. The molecule has 0 fully saturated rings. The molecule has 0 unspecified atom stereocenters. The maximum Gasteiger partial charge on any atom is 0.171 e. The number of Topliss-reactive ketones (excluding diaryl/α,β-unsaturated/α-hetero) is 1. The molecule has 20 heavy (non-hydrogen) atoms. The van der Waals surface area contributed by atoms with Gasteiger partial charge >= 0.3 is 0 Å². The van der Waals surface area contributed by atoms with E-state index in [2.05, 4.69) is 39.9 Å². The summed E-state index contributed by atoms with van der Waals surface area (Å²) in [5, 5.41) is 4.70. The van der Waals surface area contributed by atoms with Gasteiger partial charge in [-0.1, -0.05) is 41.4 Å². The lowest BCUT2D eigenvalue weighted by atomic mass is 10.1. The summed E-state index contributed by atoms with van der Waals surface area (Å²) >= 11 is 9.31. The van der Waals surface area contributed by atoms with Crippen molar-refractivity contribution in [2.24, 2.45) is 5.92 Å². The Morgan fingerprint density at radius 2 is 2.20 bits per heavy atom. The van der Waals surface area contributed by atoms with E-state index in [4.69, 9.17) is 11.6 Å². The van der Waals surface area contributed by atoms with Gasteiger partial charge < -0.3 is 0 Å². The van der Waals surface area contributed by atoms with Crippen molar-refractivity contribution in [2.45, 2.75) is 26.8 Å². The van der Waals surface area contributed by atoms with Crippen LogP contribution in [0.4, 0.5) is 0 Å². The average Bonchev–Trinajstić information content (AvgIpc) is 2.78. The molecule has 2 rings (SSSR count). The Morgan fingerprint density at radius 1 is 1.45 bits per heavy atom. The molecule has 0 saturated heterocycles. The number of nitrogens with zero attached hydrogens (tertiary/aromatic N) is 3. The molecule has 0 aliphatic heterocycles. The monoisotopic (exact) mass is 355 g/mol. The zero-order valence-electron chi connectivity index (χ0n) is 11.3. The van der Waals surface area contributed by atoms with E-state index in [0.717, 1.165) is 11.0 Å². The second kappa shape index (κ2) is 6.50. The molecule has 1 aromatic heterocycles. The molecule has 106 valence electrons. The van der Waals surface area contributed by atoms with Crippen LogP contribution in [-0.4, -0.2) is 20.5 Å². The quantitative estimate of drug-likeness (QED) is 0.766. The average molecular weight is 357 g/mol. The maximum absolute atomic E-state index is 12.4. The summed E-state index contributed by atoms with van der Waals surface area (Å²) < 4.78 is 2.52. The van der Waals surface area contributed by atoms with Crippen molar-refractivity contribution in [3.8, 4) is 0 Å². The van der Waals surface area contributed by atoms with E-state index in [9.17, 15) is 4.79 Å². The highest BCUT2D eigenvalue weighted by atomic mass is 79.9. The first-order valence-electron chi connectivity index (χ1n) is 6.32. The molecule has 1 heterocycles. The Kier molecular flexibility index (Phi) is 4.94. The van der Waals surface area contributed by atoms with E-state index < -0.39 is 0 Å². The van der Waals surface area contributed by atoms with Crippen molar-refractivity contribution in [3.63, 3.8) is 0 Å². The van der Waals surface area contributed by atoms with Crippen LogP contribution in [0, 0.1) is 5.92 Å². The Morgan fingerprint density at radius 3 is 2.90 bits per heavy atom. The lowest BCUT2D eigenvalue weighted by Gasteiger charge is -2.09. The topological polar surface area (TPSA) is 47.8 Å². The number of benzene rings is 1. The number of carbonyl (C=O) groups excluding carboxylic acids is 1. The largest absolute Gasteiger partial charge is 0.294 e. The van der Waals surface area contributed by atoms with E-state index in [-0.39, 0.29) is 12.2 Å². The van der Waals surface area contributed by atoms with Crippen LogP contribution >= 0.6 is 27.5 Å². The minimum absolute atomic E-state index is 0.0302. The zero-order chi connectivity index (χ0) is 14.7. The molecule has 4 nitrogen and oxygen atoms in total. The lowest BCUT2D eigenvalue weighted by Crippen LogP contribution is -2.14. The van der Waals surface area contributed by atoms with E-state index in [1.54, 1.807) is 22.9 Å². The number of ketones is 1. The molecule has 0 N–H and O–H groups in total. The second-order valence-corrected chi connectivity index (χ2v) is 6.27. The van der Waals surface area contributed by atoms with Crippen LogP contribution in [0.5, 0.6) is 0 Å². The predicted molar refractivity (Wildman–Crippen MR) is 82.0 cm³/mol. The molecule has 0 bridgehead atoms. The first kappa shape index (κ1) is 15.2. The Bertz CT molecular complexity index is 625. The predicted octanol–water partition coefficient (Wildman–Crippen LogP) is 3.78. The minimum Gasteiger partial charge on any atom is -0.294 e. The van der Waals surface area contributed by atoms with Gasteiger partial charge in [-0.2, -0.15) is 5.10 Å². The highest BCUT2D eigenvalue weighted by Gasteiger charge is 2.15. The van der Waals surface area contributed by atoms with Crippen LogP contribution in [0.15, 0.2) is 29.0 Å². The van der Waals surface area contributed by atoms with Crippen LogP contribution in [0.2, 0.25) is 5.02 Å². The number of halogens is 2. The smallest absolute Gasteiger partial charge is 0.171 e. The summed E-state index contributed by atoms with van der Waals surface area (Å²) in [6.45, 7) is 4.95. The normalized spacial score (nSPS) is 11.1. The van der Waals surface area contributed by atoms with E-state index >= 15 is 0 Å². The molecular weight excluding hydrogens is 342 g/mol. The van der Waals surface area contributed by atoms with Gasteiger partial charge in [0.05, 0.1) is 6.42 Å². The van der Waals surface area contributed by atoms with Gasteiger partial charge in [0.15, 0.2) is 5.78 Å². The number of hydrogen-bond donors (Lipinski definition) is 0. The van der Waals surface area contributed by atoms with Crippen LogP contribution in [0.1, 0.15) is 30.0 Å². The number of aromatic nitrogens is 3. The van der Waals surface area contributed by atoms with Crippen molar-refractivity contribution in [1.29, 1.82) is 0 Å². The molecular formula is C14H15BrClN3O. The third-order valence-electron chi connectivity index (χ3n) is 2.78. The minimum atomic E-state index is -0.0302. The van der Waals surface area contributed by atoms with E-state index in [1.165, 1.54) is 6.33 Å². The molecule has 0 saturated carbocycles. The molecule has 2 aromatic rings. The van der Waals surface area contributed by atoms with Crippen LogP contribution < -0.4 is 0 Å². The highest BCUT2D eigenvalue weighted by Crippen LogP contribution is 2.22. The van der Waals surface area contributed by atoms with Gasteiger partial charge in [-0.15, -0.1) is 0 Å². The fourth-order valence-electron chi connectivity index (χ4n) is 1.87. The number of rotatable bonds is 5. The van der Waals surface area contributed by atoms with E-state index in [0.29, 0.717) is 22.3 Å². The van der Waals surface area contributed by atoms with Crippen molar-refractivity contribution < 1.29 is 4.79 Å². The van der Waals surface area contributed by atoms with Crippen molar-refractivity contribution in [1.82, 2.24) is 14.8 Å². The van der Waals surface area contributed by atoms with Crippen LogP contribution in [-0.2, 0) is 13.0 Å². The molecule has 0 aliphatic rings. The first-order chi connectivity index (χ1) is 9.47. The van der Waals surface area contributed by atoms with Gasteiger partial charge in [0.25, 0.3) is 0 Å². The summed E-state index contributed by atoms with van der Waals surface area (Å²) in [4.78, 5) is 16.5. The maximum atomic E-state index is 12.4. The first-order valence-corrected chi connectivity index (χ1v) is 7.49. The summed E-state index contributed by atoms with van der Waals surface area (Å²) in [5.74, 6) is 1.09. The van der Waals surface area contributed by atoms with Gasteiger partial charge in [0.2, 0.25) is 0 Å². The van der Waals surface area contributed by atoms with Gasteiger partial charge in [-0.05, 0) is 24.1 Å². The Hall–Kier alpha value is -1.20. The molecule has 0 radical (unpaired) electrons. The molecule has 0 amide bonds. The molecule has 1 aromatic carbocycles. The van der Waals surface area contributed by atoms with Crippen molar-refractivity contribution in [3.05, 3.63) is 45.4 Å². The van der Waals surface area contributed by atoms with Crippen LogP contribution in [0.25, 0.3) is 0 Å². The fraction of sp³-hybridized carbons (Fsp3) is 0.357. The van der Waals surface area contributed by atoms with Crippen LogP contribution in [0.3, 0.4) is 0 Å². The summed E-state index contributed by atoms with van der Waals surface area (Å²) in [5.41, 5.74) is 0.566. The van der Waals surface area contributed by atoms with Crippen molar-refractivity contribution in [2.75, 3.05) is 0 Å². The van der Waals surface area contributed by atoms with E-state index in [1.807, 2.05) is 0 Å². The second-order valence-electron chi connectivity index (χ2n) is 4.98. The Balaban J connectivity index is 2.20. The standard InChI is InChI=1S/C14H15BrClN3O/c1-9(2)7-19-14(17-8-18-19)6-13(20)11-5-10(16)3-4-12(11)15/h3-5,8-9H,6-7H2,1-2H3. The molecule has 0 atom stereocenters. The molecule has 6 heteroatoms. The summed E-state index contributed by atoms with van der Waals surface area (Å²) in [7, 11) is 0. The van der Waals surface area contributed by atoms with Gasteiger partial charge in [-0.3, -0.25) is 4.79 Å². The van der Waals surface area contributed by atoms with Gasteiger partial charge in [0, 0.05) is 21.6 Å². The summed E-state index contributed by atoms with van der Waals surface area (Å²) in [6.07, 6.45) is 1.70. The third kappa shape index (κ3) is 3.67. The highest BCUT2D eigenvalue weighted by molar-refractivity contribution is 9.10. The van der Waals surface area contributed by atoms with Crippen molar-refractivity contribution >= 4 is 33.3 Å². The zero-order valence-corrected chi connectivity index (χ0v) is 13.6. The Labute approximate surface area is 131 Å². The third-order valence-corrected chi connectivity index (χ3v) is 3.71. The number of hydrogen-bond acceptors (Lipinski definition) is 3. The lowest BCUT2D eigenvalue weighted by molar-refractivity contribution is 0.0988. The SMILES string of the molecule is CC(C)Cn1ncnc1CC(=O)c1cc(Cl)ccc1Br. The number of carbonyl (C=O) groups is 1. The molecule has 0 aliphatic carbocycles. The van der Waals surface area contributed by atoms with Gasteiger partial charge in [-0.25, -0.2) is 9.67 Å². The molecule has 0 spiro atoms. The van der Waals surface area contributed by atoms with Gasteiger partial charge in [0.1, 0.15) is 12.2 Å².